The first-order valence-electron chi connectivity index (χ1n) is 6.77. The lowest BCUT2D eigenvalue weighted by Gasteiger charge is -2.21. The maximum absolute atomic E-state index is 11.9. The Bertz CT molecular complexity index is 483. The summed E-state index contributed by atoms with van der Waals surface area (Å²) >= 11 is 0. The molecular formula is C15H24N2O4. The van der Waals surface area contributed by atoms with E-state index in [0.29, 0.717) is 23.5 Å². The standard InChI is InChI=1S/C15H24N2O4/c1-15(2,3)21-14(19)17-12-7-6-10(20-5)8-11(12)13(18)9-16-4/h6-8,13,16,18H,9H2,1-5H3,(H,17,19). The Labute approximate surface area is 125 Å². The fourth-order valence-corrected chi connectivity index (χ4v) is 1.77. The van der Waals surface area contributed by atoms with Gasteiger partial charge in [0.1, 0.15) is 11.4 Å². The van der Waals surface area contributed by atoms with Crippen LogP contribution in [0.2, 0.25) is 0 Å². The minimum atomic E-state index is -0.768. The normalized spacial score (nSPS) is 12.7. The fourth-order valence-electron chi connectivity index (χ4n) is 1.77. The van der Waals surface area contributed by atoms with Gasteiger partial charge >= 0.3 is 6.09 Å². The van der Waals surface area contributed by atoms with E-state index in [0.717, 1.165) is 0 Å². The van der Waals surface area contributed by atoms with Crippen LogP contribution in [0.1, 0.15) is 32.4 Å². The molecular weight excluding hydrogens is 272 g/mol. The van der Waals surface area contributed by atoms with E-state index in [2.05, 4.69) is 10.6 Å². The van der Waals surface area contributed by atoms with Crippen molar-refractivity contribution >= 4 is 11.8 Å². The van der Waals surface area contributed by atoms with E-state index in [1.807, 2.05) is 0 Å². The number of hydrogen-bond donors (Lipinski definition) is 3. The van der Waals surface area contributed by atoms with Crippen LogP contribution < -0.4 is 15.4 Å². The molecule has 6 nitrogen and oxygen atoms in total. The molecule has 0 saturated carbocycles. The molecule has 0 aliphatic carbocycles. The molecule has 3 N–H and O–H groups in total. The number of carbonyl (C=O) groups excluding carboxylic acids is 1. The van der Waals surface area contributed by atoms with Crippen molar-refractivity contribution in [2.24, 2.45) is 0 Å². The third-order valence-corrected chi connectivity index (χ3v) is 2.65. The number of aliphatic hydroxyl groups is 1. The molecule has 6 heteroatoms. The highest BCUT2D eigenvalue weighted by Gasteiger charge is 2.19. The molecule has 0 aromatic heterocycles. The summed E-state index contributed by atoms with van der Waals surface area (Å²) in [6, 6.07) is 5.08. The zero-order valence-electron chi connectivity index (χ0n) is 13.2. The molecule has 118 valence electrons. The first-order valence-corrected chi connectivity index (χ1v) is 6.77. The Kier molecular flexibility index (Phi) is 5.99. The molecule has 0 aliphatic rings. The van der Waals surface area contributed by atoms with Gasteiger partial charge in [0.05, 0.1) is 18.9 Å². The first-order chi connectivity index (χ1) is 9.76. The number of ether oxygens (including phenoxy) is 2. The minimum Gasteiger partial charge on any atom is -0.497 e. The second-order valence-electron chi connectivity index (χ2n) is 5.65. The van der Waals surface area contributed by atoms with Crippen molar-refractivity contribution in [3.05, 3.63) is 23.8 Å². The van der Waals surface area contributed by atoms with Crippen LogP contribution in [0.3, 0.4) is 0 Å². The third-order valence-electron chi connectivity index (χ3n) is 2.65. The van der Waals surface area contributed by atoms with Crippen molar-refractivity contribution in [3.63, 3.8) is 0 Å². The Morgan fingerprint density at radius 2 is 2.05 bits per heavy atom. The largest absolute Gasteiger partial charge is 0.497 e. The minimum absolute atomic E-state index is 0.357. The predicted molar refractivity (Wildman–Crippen MR) is 81.7 cm³/mol. The van der Waals surface area contributed by atoms with E-state index in [9.17, 15) is 9.90 Å². The smallest absolute Gasteiger partial charge is 0.412 e. The molecule has 1 unspecified atom stereocenters. The molecule has 1 aromatic carbocycles. The van der Waals surface area contributed by atoms with E-state index < -0.39 is 17.8 Å². The average Bonchev–Trinajstić information content (AvgIpc) is 2.37. The Morgan fingerprint density at radius 3 is 2.57 bits per heavy atom. The molecule has 0 aliphatic heterocycles. The molecule has 0 bridgehead atoms. The second kappa shape index (κ2) is 7.28. The zero-order valence-corrected chi connectivity index (χ0v) is 13.2. The number of nitrogens with one attached hydrogen (secondary N) is 2. The van der Waals surface area contributed by atoms with Crippen LogP contribution in [0.25, 0.3) is 0 Å². The van der Waals surface area contributed by atoms with Crippen LogP contribution >= 0.6 is 0 Å². The first kappa shape index (κ1) is 17.3. The number of carbonyl (C=O) groups is 1. The van der Waals surface area contributed by atoms with Gasteiger partial charge in [-0.05, 0) is 46.0 Å². The van der Waals surface area contributed by atoms with Crippen LogP contribution in [0.4, 0.5) is 10.5 Å². The molecule has 21 heavy (non-hydrogen) atoms. The zero-order chi connectivity index (χ0) is 16.0. The maximum Gasteiger partial charge on any atom is 0.412 e. The molecule has 1 aromatic rings. The highest BCUT2D eigenvalue weighted by atomic mass is 16.6. The van der Waals surface area contributed by atoms with Gasteiger partial charge < -0.3 is 19.9 Å². The highest BCUT2D eigenvalue weighted by molar-refractivity contribution is 5.86. The van der Waals surface area contributed by atoms with Crippen molar-refractivity contribution in [2.75, 3.05) is 26.0 Å². The van der Waals surface area contributed by atoms with E-state index in [4.69, 9.17) is 9.47 Å². The topological polar surface area (TPSA) is 79.8 Å². The van der Waals surface area contributed by atoms with Crippen molar-refractivity contribution in [3.8, 4) is 5.75 Å². The van der Waals surface area contributed by atoms with Crippen molar-refractivity contribution < 1.29 is 19.4 Å². The van der Waals surface area contributed by atoms with E-state index in [-0.39, 0.29) is 0 Å². The summed E-state index contributed by atoms with van der Waals surface area (Å²) < 4.78 is 10.4. The lowest BCUT2D eigenvalue weighted by Crippen LogP contribution is -2.28. The molecule has 0 radical (unpaired) electrons. The quantitative estimate of drug-likeness (QED) is 0.777. The average molecular weight is 296 g/mol. The monoisotopic (exact) mass is 296 g/mol. The lowest BCUT2D eigenvalue weighted by molar-refractivity contribution is 0.0635. The third kappa shape index (κ3) is 5.61. The molecule has 0 fully saturated rings. The fraction of sp³-hybridized carbons (Fsp3) is 0.533. The summed E-state index contributed by atoms with van der Waals surface area (Å²) in [4.78, 5) is 11.9. The van der Waals surface area contributed by atoms with Gasteiger partial charge in [0, 0.05) is 12.1 Å². The van der Waals surface area contributed by atoms with Crippen molar-refractivity contribution in [1.29, 1.82) is 0 Å². The highest BCUT2D eigenvalue weighted by Crippen LogP contribution is 2.28. The van der Waals surface area contributed by atoms with Crippen LogP contribution in [-0.4, -0.2) is 37.5 Å². The number of methoxy groups -OCH3 is 1. The number of hydrogen-bond acceptors (Lipinski definition) is 5. The van der Waals surface area contributed by atoms with Crippen LogP contribution in [0, 0.1) is 0 Å². The molecule has 1 rings (SSSR count). The summed E-state index contributed by atoms with van der Waals surface area (Å²) in [5.41, 5.74) is 0.475. The number of likely N-dealkylation sites (N-methyl/N-ethyl adjacent to an activating group) is 1. The Balaban J connectivity index is 2.97. The SMILES string of the molecule is CNCC(O)c1cc(OC)ccc1NC(=O)OC(C)(C)C. The molecule has 0 spiro atoms. The number of rotatable bonds is 5. The van der Waals surface area contributed by atoms with Gasteiger partial charge in [-0.2, -0.15) is 0 Å². The summed E-state index contributed by atoms with van der Waals surface area (Å²) in [6.45, 7) is 5.72. The Hall–Kier alpha value is -1.79. The van der Waals surface area contributed by atoms with Gasteiger partial charge in [0.2, 0.25) is 0 Å². The van der Waals surface area contributed by atoms with Gasteiger partial charge in [-0.15, -0.1) is 0 Å². The van der Waals surface area contributed by atoms with E-state index in [1.54, 1.807) is 53.1 Å². The van der Waals surface area contributed by atoms with Crippen LogP contribution in [0.15, 0.2) is 18.2 Å². The van der Waals surface area contributed by atoms with Gasteiger partial charge in [-0.25, -0.2) is 4.79 Å². The number of amides is 1. The second-order valence-corrected chi connectivity index (χ2v) is 5.65. The summed E-state index contributed by atoms with van der Waals surface area (Å²) in [5, 5.41) is 15.7. The van der Waals surface area contributed by atoms with Crippen LogP contribution in [0.5, 0.6) is 5.75 Å². The summed E-state index contributed by atoms with van der Waals surface area (Å²) in [5.74, 6) is 0.606. The number of aliphatic hydroxyl groups excluding tert-OH is 1. The molecule has 0 saturated heterocycles. The maximum atomic E-state index is 11.9. The van der Waals surface area contributed by atoms with E-state index >= 15 is 0 Å². The van der Waals surface area contributed by atoms with Gasteiger partial charge in [-0.3, -0.25) is 5.32 Å². The molecule has 1 atom stereocenters. The Morgan fingerprint density at radius 1 is 1.38 bits per heavy atom. The van der Waals surface area contributed by atoms with Crippen molar-refractivity contribution in [2.45, 2.75) is 32.5 Å². The lowest BCUT2D eigenvalue weighted by atomic mass is 10.1. The molecule has 0 heterocycles. The number of anilines is 1. The number of benzene rings is 1. The summed E-state index contributed by atoms with van der Waals surface area (Å²) in [6.07, 6.45) is -1.33. The van der Waals surface area contributed by atoms with Crippen LogP contribution in [-0.2, 0) is 4.74 Å². The molecule has 1 amide bonds. The van der Waals surface area contributed by atoms with Gasteiger partial charge in [-0.1, -0.05) is 0 Å². The van der Waals surface area contributed by atoms with Gasteiger partial charge in [0.25, 0.3) is 0 Å². The predicted octanol–water partition coefficient (Wildman–Crippen LogP) is 2.30. The van der Waals surface area contributed by atoms with Crippen molar-refractivity contribution in [1.82, 2.24) is 5.32 Å². The van der Waals surface area contributed by atoms with Gasteiger partial charge in [0.15, 0.2) is 0 Å². The van der Waals surface area contributed by atoms with E-state index in [1.165, 1.54) is 0 Å². The summed E-state index contributed by atoms with van der Waals surface area (Å²) in [7, 11) is 3.29.